The van der Waals surface area contributed by atoms with Crippen LogP contribution in [0.3, 0.4) is 0 Å². The van der Waals surface area contributed by atoms with Gasteiger partial charge in [0.15, 0.2) is 0 Å². The molecule has 1 aliphatic carbocycles. The van der Waals surface area contributed by atoms with E-state index in [0.717, 1.165) is 24.8 Å². The maximum Gasteiger partial charge on any atom is 0.240 e. The number of sulfonamides is 1. The van der Waals surface area contributed by atoms with Gasteiger partial charge in [0, 0.05) is 12.6 Å². The van der Waals surface area contributed by atoms with Gasteiger partial charge < -0.3 is 5.73 Å². The summed E-state index contributed by atoms with van der Waals surface area (Å²) >= 11 is 0. The molecule has 1 unspecified atom stereocenters. The summed E-state index contributed by atoms with van der Waals surface area (Å²) in [6.07, 6.45) is 4.22. The molecule has 4 nitrogen and oxygen atoms in total. The number of nitrogens with two attached hydrogens (primary N) is 1. The maximum absolute atomic E-state index is 12.5. The zero-order chi connectivity index (χ0) is 14.8. The van der Waals surface area contributed by atoms with E-state index >= 15 is 0 Å². The van der Waals surface area contributed by atoms with Crippen molar-refractivity contribution in [2.45, 2.75) is 57.0 Å². The minimum absolute atomic E-state index is 0.00258. The molecule has 0 spiro atoms. The Kier molecular flexibility index (Phi) is 4.52. The molecule has 1 aromatic rings. The molecule has 1 fully saturated rings. The van der Waals surface area contributed by atoms with E-state index in [0.29, 0.717) is 11.4 Å². The molecular formula is C15H24N2O2S. The van der Waals surface area contributed by atoms with Crippen molar-refractivity contribution in [3.63, 3.8) is 0 Å². The molecule has 0 heterocycles. The number of rotatable bonds is 4. The smallest absolute Gasteiger partial charge is 0.240 e. The summed E-state index contributed by atoms with van der Waals surface area (Å²) in [5, 5.41) is 0. The minimum Gasteiger partial charge on any atom is -0.326 e. The van der Waals surface area contributed by atoms with Crippen LogP contribution in [0.4, 0.5) is 0 Å². The SMILES string of the molecule is CC1(C)CCCCC1NS(=O)(=O)c1cccc(CN)c1. The summed E-state index contributed by atoms with van der Waals surface area (Å²) in [5.74, 6) is 0. The highest BCUT2D eigenvalue weighted by atomic mass is 32.2. The third kappa shape index (κ3) is 3.40. The molecule has 0 amide bonds. The zero-order valence-corrected chi connectivity index (χ0v) is 13.0. The van der Waals surface area contributed by atoms with Gasteiger partial charge in [-0.2, -0.15) is 0 Å². The summed E-state index contributed by atoms with van der Waals surface area (Å²) in [7, 11) is -3.47. The average molecular weight is 296 g/mol. The summed E-state index contributed by atoms with van der Waals surface area (Å²) in [6.45, 7) is 4.61. The molecule has 1 atom stereocenters. The van der Waals surface area contributed by atoms with E-state index in [9.17, 15) is 8.42 Å². The van der Waals surface area contributed by atoms with Gasteiger partial charge in [-0.15, -0.1) is 0 Å². The molecule has 0 aliphatic heterocycles. The maximum atomic E-state index is 12.5. The second-order valence-corrected chi connectivity index (χ2v) is 7.97. The second-order valence-electron chi connectivity index (χ2n) is 6.26. The molecule has 0 radical (unpaired) electrons. The average Bonchev–Trinajstić information content (AvgIpc) is 2.41. The van der Waals surface area contributed by atoms with Crippen LogP contribution in [0.2, 0.25) is 0 Å². The van der Waals surface area contributed by atoms with Gasteiger partial charge in [0.2, 0.25) is 10.0 Å². The van der Waals surface area contributed by atoms with Gasteiger partial charge >= 0.3 is 0 Å². The summed E-state index contributed by atoms with van der Waals surface area (Å²) in [4.78, 5) is 0.307. The van der Waals surface area contributed by atoms with Crippen LogP contribution in [0.1, 0.15) is 45.1 Å². The Bertz CT molecular complexity index is 567. The monoisotopic (exact) mass is 296 g/mol. The fourth-order valence-corrected chi connectivity index (χ4v) is 4.32. The number of hydrogen-bond acceptors (Lipinski definition) is 3. The predicted molar refractivity (Wildman–Crippen MR) is 80.7 cm³/mol. The number of benzene rings is 1. The lowest BCUT2D eigenvalue weighted by atomic mass is 9.74. The van der Waals surface area contributed by atoms with Crippen molar-refractivity contribution in [2.75, 3.05) is 0 Å². The highest BCUT2D eigenvalue weighted by molar-refractivity contribution is 7.89. The van der Waals surface area contributed by atoms with Crippen LogP contribution in [-0.4, -0.2) is 14.5 Å². The molecule has 1 aromatic carbocycles. The van der Waals surface area contributed by atoms with E-state index in [1.807, 2.05) is 6.07 Å². The Labute approximate surface area is 121 Å². The van der Waals surface area contributed by atoms with Crippen molar-refractivity contribution in [3.8, 4) is 0 Å². The van der Waals surface area contributed by atoms with Crippen molar-refractivity contribution in [1.82, 2.24) is 4.72 Å². The molecule has 0 saturated heterocycles. The summed E-state index contributed by atoms with van der Waals surface area (Å²) in [5.41, 5.74) is 6.41. The Hall–Kier alpha value is -0.910. The van der Waals surface area contributed by atoms with Crippen molar-refractivity contribution in [1.29, 1.82) is 0 Å². The first-order chi connectivity index (χ1) is 9.35. The van der Waals surface area contributed by atoms with Crippen LogP contribution >= 0.6 is 0 Å². The Morgan fingerprint density at radius 1 is 1.35 bits per heavy atom. The molecule has 0 aromatic heterocycles. The minimum atomic E-state index is -3.47. The molecule has 1 saturated carbocycles. The van der Waals surface area contributed by atoms with Crippen LogP contribution in [0.25, 0.3) is 0 Å². The quantitative estimate of drug-likeness (QED) is 0.896. The van der Waals surface area contributed by atoms with E-state index in [4.69, 9.17) is 5.73 Å². The van der Waals surface area contributed by atoms with E-state index < -0.39 is 10.0 Å². The summed E-state index contributed by atoms with van der Waals surface area (Å²) in [6, 6.07) is 6.85. The third-order valence-corrected chi connectivity index (χ3v) is 5.72. The predicted octanol–water partition coefficient (Wildman–Crippen LogP) is 2.39. The summed E-state index contributed by atoms with van der Waals surface area (Å²) < 4.78 is 27.9. The first-order valence-corrected chi connectivity index (χ1v) is 8.65. The molecule has 3 N–H and O–H groups in total. The van der Waals surface area contributed by atoms with Gasteiger partial charge in [0.05, 0.1) is 4.90 Å². The van der Waals surface area contributed by atoms with Gasteiger partial charge in [-0.25, -0.2) is 13.1 Å². The highest BCUT2D eigenvalue weighted by Crippen LogP contribution is 2.36. The van der Waals surface area contributed by atoms with E-state index in [1.54, 1.807) is 18.2 Å². The highest BCUT2D eigenvalue weighted by Gasteiger charge is 2.35. The largest absolute Gasteiger partial charge is 0.326 e. The van der Waals surface area contributed by atoms with Crippen LogP contribution < -0.4 is 10.5 Å². The van der Waals surface area contributed by atoms with Gasteiger partial charge in [0.25, 0.3) is 0 Å². The van der Waals surface area contributed by atoms with E-state index in [1.165, 1.54) is 6.42 Å². The fourth-order valence-electron chi connectivity index (χ4n) is 2.81. The van der Waals surface area contributed by atoms with Gasteiger partial charge in [0.1, 0.15) is 0 Å². The fraction of sp³-hybridized carbons (Fsp3) is 0.600. The molecule has 2 rings (SSSR count). The van der Waals surface area contributed by atoms with Crippen LogP contribution in [-0.2, 0) is 16.6 Å². The molecule has 5 heteroatoms. The van der Waals surface area contributed by atoms with Gasteiger partial charge in [-0.05, 0) is 36.0 Å². The first-order valence-electron chi connectivity index (χ1n) is 7.16. The van der Waals surface area contributed by atoms with Crippen molar-refractivity contribution >= 4 is 10.0 Å². The zero-order valence-electron chi connectivity index (χ0n) is 12.2. The molecular weight excluding hydrogens is 272 g/mol. The van der Waals surface area contributed by atoms with Crippen LogP contribution in [0.5, 0.6) is 0 Å². The number of hydrogen-bond donors (Lipinski definition) is 2. The standard InChI is InChI=1S/C15H24N2O2S/c1-15(2)9-4-3-8-14(15)17-20(18,19)13-7-5-6-12(10-13)11-16/h5-7,10,14,17H,3-4,8-9,11,16H2,1-2H3. The van der Waals surface area contributed by atoms with E-state index in [-0.39, 0.29) is 11.5 Å². The Balaban J connectivity index is 2.22. The topological polar surface area (TPSA) is 72.2 Å². The van der Waals surface area contributed by atoms with E-state index in [2.05, 4.69) is 18.6 Å². The molecule has 112 valence electrons. The van der Waals surface area contributed by atoms with Gasteiger partial charge in [-0.3, -0.25) is 0 Å². The second kappa shape index (κ2) is 5.84. The van der Waals surface area contributed by atoms with Crippen LogP contribution in [0, 0.1) is 5.41 Å². The molecule has 0 bridgehead atoms. The normalized spacial score (nSPS) is 22.6. The lowest BCUT2D eigenvalue weighted by Crippen LogP contribution is -2.46. The Morgan fingerprint density at radius 2 is 2.10 bits per heavy atom. The van der Waals surface area contributed by atoms with Gasteiger partial charge in [-0.1, -0.05) is 38.8 Å². The lowest BCUT2D eigenvalue weighted by Gasteiger charge is -2.38. The van der Waals surface area contributed by atoms with Crippen LogP contribution in [0.15, 0.2) is 29.2 Å². The Morgan fingerprint density at radius 3 is 2.75 bits per heavy atom. The van der Waals surface area contributed by atoms with Crippen molar-refractivity contribution in [3.05, 3.63) is 29.8 Å². The number of nitrogens with one attached hydrogen (secondary N) is 1. The molecule has 1 aliphatic rings. The lowest BCUT2D eigenvalue weighted by molar-refractivity contribution is 0.188. The van der Waals surface area contributed by atoms with Crippen molar-refractivity contribution < 1.29 is 8.42 Å². The third-order valence-electron chi connectivity index (χ3n) is 4.25. The van der Waals surface area contributed by atoms with Crippen molar-refractivity contribution in [2.24, 2.45) is 11.1 Å². The first kappa shape index (κ1) is 15.5. The molecule has 20 heavy (non-hydrogen) atoms.